The number of carbonyl (C=O) groups is 1. The molecule has 0 amide bonds. The van der Waals surface area contributed by atoms with E-state index in [0.717, 1.165) is 0 Å². The Bertz CT molecular complexity index is 359. The number of rotatable bonds is 3. The van der Waals surface area contributed by atoms with Gasteiger partial charge in [0.15, 0.2) is 6.10 Å². The van der Waals surface area contributed by atoms with E-state index in [1.54, 1.807) is 19.1 Å². The van der Waals surface area contributed by atoms with Gasteiger partial charge in [0.1, 0.15) is 5.75 Å². The minimum absolute atomic E-state index is 0.228. The van der Waals surface area contributed by atoms with Crippen molar-refractivity contribution in [2.45, 2.75) is 13.0 Å². The highest BCUT2D eigenvalue weighted by atomic mass is 16.5. The van der Waals surface area contributed by atoms with E-state index in [4.69, 9.17) is 16.3 Å². The molecule has 0 aliphatic rings. The van der Waals surface area contributed by atoms with E-state index < -0.39 is 5.97 Å². The highest BCUT2D eigenvalue weighted by Gasteiger charge is 2.03. The highest BCUT2D eigenvalue weighted by Crippen LogP contribution is 2.13. The summed E-state index contributed by atoms with van der Waals surface area (Å²) in [5, 5.41) is 8.63. The fourth-order valence-corrected chi connectivity index (χ4v) is 0.914. The molecule has 1 atom stereocenters. The maximum absolute atomic E-state index is 10.5. The van der Waals surface area contributed by atoms with Gasteiger partial charge in [-0.1, -0.05) is 5.92 Å². The lowest BCUT2D eigenvalue weighted by atomic mass is 10.2. The van der Waals surface area contributed by atoms with Gasteiger partial charge in [0.05, 0.1) is 5.56 Å². The van der Waals surface area contributed by atoms with Gasteiger partial charge in [0.25, 0.3) is 0 Å². The summed E-state index contributed by atoms with van der Waals surface area (Å²) in [6.45, 7) is 1.74. The van der Waals surface area contributed by atoms with Crippen molar-refractivity contribution in [2.24, 2.45) is 0 Å². The van der Waals surface area contributed by atoms with Crippen LogP contribution in [0.1, 0.15) is 17.3 Å². The molecule has 1 aromatic rings. The summed E-state index contributed by atoms with van der Waals surface area (Å²) < 4.78 is 5.27. The SMILES string of the molecule is C#C[C@@H](C)Oc1ccc(C(=O)O)cc1. The maximum atomic E-state index is 10.5. The largest absolute Gasteiger partial charge is 0.478 e. The fraction of sp³-hybridized carbons (Fsp3) is 0.182. The van der Waals surface area contributed by atoms with Gasteiger partial charge in [-0.05, 0) is 31.2 Å². The van der Waals surface area contributed by atoms with Crippen molar-refractivity contribution in [1.29, 1.82) is 0 Å². The van der Waals surface area contributed by atoms with Crippen LogP contribution in [-0.2, 0) is 0 Å². The van der Waals surface area contributed by atoms with E-state index >= 15 is 0 Å². The molecule has 1 aromatic carbocycles. The predicted molar refractivity (Wildman–Crippen MR) is 52.3 cm³/mol. The van der Waals surface area contributed by atoms with Crippen LogP contribution in [0.2, 0.25) is 0 Å². The van der Waals surface area contributed by atoms with Crippen LogP contribution in [-0.4, -0.2) is 17.2 Å². The maximum Gasteiger partial charge on any atom is 0.335 e. The van der Waals surface area contributed by atoms with Crippen molar-refractivity contribution in [2.75, 3.05) is 0 Å². The van der Waals surface area contributed by atoms with Crippen LogP contribution >= 0.6 is 0 Å². The first kappa shape index (κ1) is 10.1. The van der Waals surface area contributed by atoms with Crippen LogP contribution in [0.3, 0.4) is 0 Å². The molecule has 72 valence electrons. The standard InChI is InChI=1S/C11H10O3/c1-3-8(2)14-10-6-4-9(5-7-10)11(12)13/h1,4-8H,2H3,(H,12,13)/t8-/m1/s1. The molecule has 0 aliphatic carbocycles. The van der Waals surface area contributed by atoms with E-state index in [1.165, 1.54) is 12.1 Å². The van der Waals surface area contributed by atoms with Crippen molar-refractivity contribution >= 4 is 5.97 Å². The second kappa shape index (κ2) is 4.33. The summed E-state index contributed by atoms with van der Waals surface area (Å²) in [7, 11) is 0. The summed E-state index contributed by atoms with van der Waals surface area (Å²) in [6.07, 6.45) is 4.81. The second-order valence-corrected chi connectivity index (χ2v) is 2.76. The number of carboxylic acids is 1. The zero-order chi connectivity index (χ0) is 10.6. The monoisotopic (exact) mass is 190 g/mol. The van der Waals surface area contributed by atoms with Crippen LogP contribution in [0.4, 0.5) is 0 Å². The zero-order valence-electron chi connectivity index (χ0n) is 7.73. The summed E-state index contributed by atoms with van der Waals surface area (Å²) in [5.41, 5.74) is 0.228. The molecule has 0 bridgehead atoms. The molecule has 0 aliphatic heterocycles. The molecular formula is C11H10O3. The molecule has 0 spiro atoms. The second-order valence-electron chi connectivity index (χ2n) is 2.76. The molecule has 3 nitrogen and oxygen atoms in total. The van der Waals surface area contributed by atoms with Crippen LogP contribution < -0.4 is 4.74 Å². The molecule has 0 radical (unpaired) electrons. The molecular weight excluding hydrogens is 180 g/mol. The number of hydrogen-bond donors (Lipinski definition) is 1. The van der Waals surface area contributed by atoms with Crippen LogP contribution in [0.5, 0.6) is 5.75 Å². The van der Waals surface area contributed by atoms with Crippen molar-refractivity contribution < 1.29 is 14.6 Å². The average molecular weight is 190 g/mol. The van der Waals surface area contributed by atoms with Crippen LogP contribution in [0.25, 0.3) is 0 Å². The Kier molecular flexibility index (Phi) is 3.14. The van der Waals surface area contributed by atoms with Gasteiger partial charge in [0.2, 0.25) is 0 Å². The van der Waals surface area contributed by atoms with E-state index in [-0.39, 0.29) is 11.7 Å². The first-order chi connectivity index (χ1) is 6.63. The Labute approximate surface area is 82.3 Å². The fourth-order valence-electron chi connectivity index (χ4n) is 0.914. The van der Waals surface area contributed by atoms with Gasteiger partial charge < -0.3 is 9.84 Å². The minimum Gasteiger partial charge on any atom is -0.478 e. The van der Waals surface area contributed by atoms with Crippen molar-refractivity contribution in [1.82, 2.24) is 0 Å². The lowest BCUT2D eigenvalue weighted by Crippen LogP contribution is -2.08. The third-order valence-electron chi connectivity index (χ3n) is 1.65. The summed E-state index contributed by atoms with van der Waals surface area (Å²) in [5.74, 6) is 2.03. The van der Waals surface area contributed by atoms with Crippen molar-refractivity contribution in [3.8, 4) is 18.1 Å². The lowest BCUT2D eigenvalue weighted by Gasteiger charge is -2.08. The highest BCUT2D eigenvalue weighted by molar-refractivity contribution is 5.87. The normalized spacial score (nSPS) is 11.4. The molecule has 0 unspecified atom stereocenters. The van der Waals surface area contributed by atoms with E-state index in [9.17, 15) is 4.79 Å². The summed E-state index contributed by atoms with van der Waals surface area (Å²) in [6, 6.07) is 6.11. The van der Waals surface area contributed by atoms with Gasteiger partial charge in [-0.2, -0.15) is 0 Å². The molecule has 14 heavy (non-hydrogen) atoms. The number of aromatic carboxylic acids is 1. The number of ether oxygens (including phenoxy) is 1. The van der Waals surface area contributed by atoms with Crippen LogP contribution in [0, 0.1) is 12.3 Å². The third kappa shape index (κ3) is 2.53. The molecule has 0 saturated carbocycles. The smallest absolute Gasteiger partial charge is 0.335 e. The van der Waals surface area contributed by atoms with Gasteiger partial charge in [0, 0.05) is 0 Å². The average Bonchev–Trinajstić information content (AvgIpc) is 2.18. The summed E-state index contributed by atoms with van der Waals surface area (Å²) >= 11 is 0. The van der Waals surface area contributed by atoms with Gasteiger partial charge in [-0.3, -0.25) is 0 Å². The number of hydrogen-bond acceptors (Lipinski definition) is 2. The molecule has 1 rings (SSSR count). The molecule has 1 N–H and O–H groups in total. The van der Waals surface area contributed by atoms with Crippen LogP contribution in [0.15, 0.2) is 24.3 Å². The first-order valence-electron chi connectivity index (χ1n) is 4.09. The zero-order valence-corrected chi connectivity index (χ0v) is 7.73. The van der Waals surface area contributed by atoms with E-state index in [2.05, 4.69) is 5.92 Å². The Balaban J connectivity index is 2.75. The minimum atomic E-state index is -0.957. The Morgan fingerprint density at radius 1 is 1.50 bits per heavy atom. The van der Waals surface area contributed by atoms with Gasteiger partial charge in [-0.15, -0.1) is 6.42 Å². The number of carboxylic acid groups (broad SMARTS) is 1. The predicted octanol–water partition coefficient (Wildman–Crippen LogP) is 1.79. The first-order valence-corrected chi connectivity index (χ1v) is 4.09. The molecule has 0 aromatic heterocycles. The van der Waals surface area contributed by atoms with Crippen molar-refractivity contribution in [3.05, 3.63) is 29.8 Å². The summed E-state index contributed by atoms with van der Waals surface area (Å²) in [4.78, 5) is 10.5. The molecule has 0 fully saturated rings. The number of benzene rings is 1. The lowest BCUT2D eigenvalue weighted by molar-refractivity contribution is 0.0697. The van der Waals surface area contributed by atoms with E-state index in [1.807, 2.05) is 0 Å². The van der Waals surface area contributed by atoms with Crippen molar-refractivity contribution in [3.63, 3.8) is 0 Å². The molecule has 0 heterocycles. The third-order valence-corrected chi connectivity index (χ3v) is 1.65. The Morgan fingerprint density at radius 3 is 2.50 bits per heavy atom. The number of terminal acetylenes is 1. The van der Waals surface area contributed by atoms with E-state index in [0.29, 0.717) is 5.75 Å². The van der Waals surface area contributed by atoms with Gasteiger partial charge >= 0.3 is 5.97 Å². The molecule has 3 heteroatoms. The van der Waals surface area contributed by atoms with Gasteiger partial charge in [-0.25, -0.2) is 4.79 Å². The quantitative estimate of drug-likeness (QED) is 0.739. The topological polar surface area (TPSA) is 46.5 Å². The Hall–Kier alpha value is -1.95. The molecule has 0 saturated heterocycles. The Morgan fingerprint density at radius 2 is 2.07 bits per heavy atom.